The van der Waals surface area contributed by atoms with Crippen LogP contribution in [0.3, 0.4) is 0 Å². The summed E-state index contributed by atoms with van der Waals surface area (Å²) in [6.07, 6.45) is 2.26. The van der Waals surface area contributed by atoms with E-state index in [0.717, 1.165) is 17.9 Å². The summed E-state index contributed by atoms with van der Waals surface area (Å²) in [4.78, 5) is 20.4. The minimum atomic E-state index is -0.390. The zero-order chi connectivity index (χ0) is 13.8. The summed E-state index contributed by atoms with van der Waals surface area (Å²) in [7, 11) is 0. The molecule has 0 unspecified atom stereocenters. The number of ether oxygens (including phenoxy) is 2. The van der Waals surface area contributed by atoms with Gasteiger partial charge >= 0.3 is 11.9 Å². The highest BCUT2D eigenvalue weighted by Crippen LogP contribution is 2.00. The molecule has 4 heteroatoms. The van der Waals surface area contributed by atoms with Gasteiger partial charge in [0, 0.05) is 13.0 Å². The van der Waals surface area contributed by atoms with E-state index in [2.05, 4.69) is 17.9 Å². The molecule has 0 aliphatic carbocycles. The van der Waals surface area contributed by atoms with Crippen LogP contribution < -0.4 is 0 Å². The van der Waals surface area contributed by atoms with Crippen LogP contribution in [0.1, 0.15) is 12.5 Å². The van der Waals surface area contributed by atoms with Crippen molar-refractivity contribution < 1.29 is 19.1 Å². The van der Waals surface area contributed by atoms with Crippen molar-refractivity contribution >= 4 is 11.9 Å². The quantitative estimate of drug-likeness (QED) is 0.467. The van der Waals surface area contributed by atoms with E-state index in [0.29, 0.717) is 6.61 Å². The van der Waals surface area contributed by atoms with Crippen molar-refractivity contribution in [3.63, 3.8) is 0 Å². The third kappa shape index (κ3) is 8.91. The fourth-order valence-electron chi connectivity index (χ4n) is 0.905. The summed E-state index contributed by atoms with van der Waals surface area (Å²) in [5, 5.41) is 0. The molecule has 0 radical (unpaired) electrons. The zero-order valence-corrected chi connectivity index (χ0v) is 10.3. The van der Waals surface area contributed by atoms with E-state index >= 15 is 0 Å². The smallest absolute Gasteiger partial charge is 0.330 e. The molecule has 0 aliphatic heterocycles. The standard InChI is InChI=1S/C10H10O2.C4H6O2/c1-2-10(11)12-8-9-6-4-3-5-7-9;1-3-6-4(2)5/h2-7H,1,8H2;3H,1H2,2H3. The third-order valence-corrected chi connectivity index (χ3v) is 1.64. The van der Waals surface area contributed by atoms with Crippen LogP contribution in [0.2, 0.25) is 0 Å². The van der Waals surface area contributed by atoms with Crippen LogP contribution in [0.4, 0.5) is 0 Å². The van der Waals surface area contributed by atoms with Gasteiger partial charge in [-0.2, -0.15) is 0 Å². The van der Waals surface area contributed by atoms with Gasteiger partial charge in [-0.3, -0.25) is 4.79 Å². The Labute approximate surface area is 107 Å². The molecule has 0 heterocycles. The van der Waals surface area contributed by atoms with Crippen LogP contribution in [0.25, 0.3) is 0 Å². The molecule has 0 saturated heterocycles. The van der Waals surface area contributed by atoms with Crippen molar-refractivity contribution in [2.24, 2.45) is 0 Å². The van der Waals surface area contributed by atoms with E-state index < -0.39 is 0 Å². The molecule has 18 heavy (non-hydrogen) atoms. The summed E-state index contributed by atoms with van der Waals surface area (Å²) >= 11 is 0. The van der Waals surface area contributed by atoms with E-state index in [1.807, 2.05) is 30.3 Å². The summed E-state index contributed by atoms with van der Waals surface area (Å²) in [6.45, 7) is 8.09. The normalized spacial score (nSPS) is 8.28. The van der Waals surface area contributed by atoms with E-state index in [4.69, 9.17) is 4.74 Å². The van der Waals surface area contributed by atoms with Crippen LogP contribution >= 0.6 is 0 Å². The molecule has 1 rings (SSSR count). The first kappa shape index (κ1) is 15.6. The largest absolute Gasteiger partial charge is 0.458 e. The molecule has 0 N–H and O–H groups in total. The van der Waals surface area contributed by atoms with E-state index in [1.54, 1.807) is 0 Å². The van der Waals surface area contributed by atoms with Gasteiger partial charge in [0.2, 0.25) is 0 Å². The summed E-state index contributed by atoms with van der Waals surface area (Å²) in [6, 6.07) is 9.51. The topological polar surface area (TPSA) is 52.6 Å². The first-order chi connectivity index (χ1) is 8.60. The Morgan fingerprint density at radius 1 is 1.22 bits per heavy atom. The van der Waals surface area contributed by atoms with Crippen LogP contribution in [-0.2, 0) is 25.7 Å². The van der Waals surface area contributed by atoms with Gasteiger partial charge in [0.1, 0.15) is 6.61 Å². The van der Waals surface area contributed by atoms with Crippen LogP contribution in [0.15, 0.2) is 55.8 Å². The van der Waals surface area contributed by atoms with Crippen molar-refractivity contribution in [2.45, 2.75) is 13.5 Å². The van der Waals surface area contributed by atoms with Gasteiger partial charge in [0.05, 0.1) is 6.26 Å². The van der Waals surface area contributed by atoms with Gasteiger partial charge in [-0.15, -0.1) is 0 Å². The van der Waals surface area contributed by atoms with Gasteiger partial charge in [0.25, 0.3) is 0 Å². The molecule has 0 bridgehead atoms. The van der Waals surface area contributed by atoms with Gasteiger partial charge in [-0.25, -0.2) is 4.79 Å². The lowest BCUT2D eigenvalue weighted by Crippen LogP contribution is -1.99. The Hall–Kier alpha value is -2.36. The Morgan fingerprint density at radius 3 is 2.22 bits per heavy atom. The molecule has 1 aromatic rings. The van der Waals surface area contributed by atoms with Crippen molar-refractivity contribution in [3.8, 4) is 0 Å². The Balaban J connectivity index is 0.000000411. The maximum atomic E-state index is 10.6. The van der Waals surface area contributed by atoms with Crippen molar-refractivity contribution in [1.82, 2.24) is 0 Å². The SMILES string of the molecule is C=CC(=O)OCc1ccccc1.C=COC(C)=O. The average molecular weight is 248 g/mol. The summed E-state index contributed by atoms with van der Waals surface area (Å²) < 4.78 is 8.99. The number of hydrogen-bond acceptors (Lipinski definition) is 4. The highest BCUT2D eigenvalue weighted by Gasteiger charge is 1.95. The molecular formula is C14H16O4. The predicted molar refractivity (Wildman–Crippen MR) is 68.4 cm³/mol. The lowest BCUT2D eigenvalue weighted by atomic mass is 10.2. The van der Waals surface area contributed by atoms with Crippen LogP contribution in [0, 0.1) is 0 Å². The Kier molecular flexibility index (Phi) is 8.55. The monoisotopic (exact) mass is 248 g/mol. The molecule has 0 amide bonds. The molecule has 0 fully saturated rings. The Morgan fingerprint density at radius 2 is 1.83 bits per heavy atom. The maximum Gasteiger partial charge on any atom is 0.330 e. The number of rotatable bonds is 4. The van der Waals surface area contributed by atoms with Crippen molar-refractivity contribution in [1.29, 1.82) is 0 Å². The Bertz CT molecular complexity index is 396. The number of carbonyl (C=O) groups excluding carboxylic acids is 2. The second kappa shape index (κ2) is 9.84. The second-order valence-electron chi connectivity index (χ2n) is 3.07. The molecule has 0 aliphatic rings. The third-order valence-electron chi connectivity index (χ3n) is 1.64. The van der Waals surface area contributed by atoms with Crippen molar-refractivity contribution in [2.75, 3.05) is 0 Å². The number of benzene rings is 1. The number of hydrogen-bond donors (Lipinski definition) is 0. The highest BCUT2D eigenvalue weighted by atomic mass is 16.5. The molecule has 1 aromatic carbocycles. The van der Waals surface area contributed by atoms with Gasteiger partial charge < -0.3 is 9.47 Å². The maximum absolute atomic E-state index is 10.6. The molecule has 4 nitrogen and oxygen atoms in total. The number of esters is 2. The van der Waals surface area contributed by atoms with Gasteiger partial charge in [-0.05, 0) is 5.56 Å². The zero-order valence-electron chi connectivity index (χ0n) is 10.3. The first-order valence-electron chi connectivity index (χ1n) is 5.21. The van der Waals surface area contributed by atoms with Crippen LogP contribution in [-0.4, -0.2) is 11.9 Å². The van der Waals surface area contributed by atoms with Crippen molar-refractivity contribution in [3.05, 3.63) is 61.4 Å². The highest BCUT2D eigenvalue weighted by molar-refractivity contribution is 5.81. The average Bonchev–Trinajstić information content (AvgIpc) is 2.37. The first-order valence-corrected chi connectivity index (χ1v) is 5.21. The van der Waals surface area contributed by atoms with E-state index in [-0.39, 0.29) is 11.9 Å². The molecule has 96 valence electrons. The number of carbonyl (C=O) groups is 2. The van der Waals surface area contributed by atoms with E-state index in [1.165, 1.54) is 6.92 Å². The fraction of sp³-hybridized carbons (Fsp3) is 0.143. The fourth-order valence-corrected chi connectivity index (χ4v) is 0.905. The van der Waals surface area contributed by atoms with Crippen LogP contribution in [0.5, 0.6) is 0 Å². The molecule has 0 spiro atoms. The molecule has 0 atom stereocenters. The van der Waals surface area contributed by atoms with Gasteiger partial charge in [-0.1, -0.05) is 43.5 Å². The molecule has 0 saturated carbocycles. The summed E-state index contributed by atoms with van der Waals surface area (Å²) in [5.74, 6) is -0.719. The minimum Gasteiger partial charge on any atom is -0.458 e. The summed E-state index contributed by atoms with van der Waals surface area (Å²) in [5.41, 5.74) is 0.979. The van der Waals surface area contributed by atoms with Gasteiger partial charge in [0.15, 0.2) is 0 Å². The molecular weight excluding hydrogens is 232 g/mol. The van der Waals surface area contributed by atoms with E-state index in [9.17, 15) is 9.59 Å². The second-order valence-corrected chi connectivity index (χ2v) is 3.07. The lowest BCUT2D eigenvalue weighted by molar-refractivity contribution is -0.139. The predicted octanol–water partition coefficient (Wildman–Crippen LogP) is 2.61. The minimum absolute atomic E-state index is 0.311. The molecule has 0 aromatic heterocycles. The lowest BCUT2D eigenvalue weighted by Gasteiger charge is -2.00.